The maximum atomic E-state index is 12.9. The highest BCUT2D eigenvalue weighted by atomic mass is 35.5. The van der Waals surface area contributed by atoms with Crippen molar-refractivity contribution in [2.45, 2.75) is 25.8 Å². The van der Waals surface area contributed by atoms with E-state index in [1.807, 2.05) is 13.8 Å². The molecule has 1 aromatic carbocycles. The average molecular weight is 236 g/mol. The van der Waals surface area contributed by atoms with Gasteiger partial charge in [0.1, 0.15) is 5.82 Å². The molecule has 0 bridgehead atoms. The molecule has 2 N–H and O–H groups in total. The summed E-state index contributed by atoms with van der Waals surface area (Å²) in [7, 11) is 0. The lowest BCUT2D eigenvalue weighted by atomic mass is 9.96. The maximum Gasteiger partial charge on any atom is 0.143 e. The van der Waals surface area contributed by atoms with Gasteiger partial charge >= 0.3 is 0 Å². The van der Waals surface area contributed by atoms with Crippen molar-refractivity contribution in [1.29, 1.82) is 0 Å². The van der Waals surface area contributed by atoms with Crippen LogP contribution in [0.4, 0.5) is 4.39 Å². The van der Waals surface area contributed by atoms with Crippen LogP contribution in [0.2, 0.25) is 10.0 Å². The van der Waals surface area contributed by atoms with E-state index in [4.69, 9.17) is 28.9 Å². The highest BCUT2D eigenvalue weighted by Crippen LogP contribution is 2.26. The first kappa shape index (κ1) is 11.8. The predicted molar refractivity (Wildman–Crippen MR) is 58.4 cm³/mol. The zero-order valence-electron chi connectivity index (χ0n) is 8.07. The third kappa shape index (κ3) is 3.12. The van der Waals surface area contributed by atoms with E-state index < -0.39 is 5.82 Å². The Morgan fingerprint density at radius 2 is 1.86 bits per heavy atom. The Balaban J connectivity index is 3.04. The second-order valence-corrected chi connectivity index (χ2v) is 4.84. The van der Waals surface area contributed by atoms with Crippen LogP contribution >= 0.6 is 23.2 Å². The van der Waals surface area contributed by atoms with Gasteiger partial charge in [-0.3, -0.25) is 0 Å². The summed E-state index contributed by atoms with van der Waals surface area (Å²) in [6.45, 7) is 3.75. The molecule has 0 radical (unpaired) electrons. The van der Waals surface area contributed by atoms with E-state index >= 15 is 0 Å². The molecule has 0 heterocycles. The third-order valence-electron chi connectivity index (χ3n) is 1.74. The van der Waals surface area contributed by atoms with E-state index in [9.17, 15) is 4.39 Å². The molecule has 0 fully saturated rings. The van der Waals surface area contributed by atoms with Crippen LogP contribution in [0.3, 0.4) is 0 Å². The van der Waals surface area contributed by atoms with Crippen molar-refractivity contribution in [3.63, 3.8) is 0 Å². The molecule has 0 aliphatic rings. The summed E-state index contributed by atoms with van der Waals surface area (Å²) in [6, 6.07) is 2.73. The van der Waals surface area contributed by atoms with Crippen molar-refractivity contribution in [2.24, 2.45) is 5.73 Å². The van der Waals surface area contributed by atoms with Crippen molar-refractivity contribution in [2.75, 3.05) is 0 Å². The number of hydrogen-bond acceptors (Lipinski definition) is 1. The molecule has 0 aliphatic heterocycles. The molecular formula is C10H12Cl2FN. The number of halogens is 3. The van der Waals surface area contributed by atoms with E-state index in [1.54, 1.807) is 0 Å². The highest BCUT2D eigenvalue weighted by molar-refractivity contribution is 6.33. The molecule has 1 rings (SSSR count). The van der Waals surface area contributed by atoms with Gasteiger partial charge in [0.25, 0.3) is 0 Å². The highest BCUT2D eigenvalue weighted by Gasteiger charge is 2.15. The maximum absolute atomic E-state index is 12.9. The second-order valence-electron chi connectivity index (χ2n) is 4.02. The van der Waals surface area contributed by atoms with Crippen LogP contribution in [0, 0.1) is 5.82 Å². The van der Waals surface area contributed by atoms with Crippen molar-refractivity contribution >= 4 is 23.2 Å². The Hall–Kier alpha value is -0.310. The zero-order chi connectivity index (χ0) is 10.9. The summed E-state index contributed by atoms with van der Waals surface area (Å²) >= 11 is 11.5. The fourth-order valence-corrected chi connectivity index (χ4v) is 1.59. The predicted octanol–water partition coefficient (Wildman–Crippen LogP) is 3.41. The average Bonchev–Trinajstić information content (AvgIpc) is 1.97. The lowest BCUT2D eigenvalue weighted by molar-refractivity contribution is 0.516. The van der Waals surface area contributed by atoms with Crippen LogP contribution in [0.15, 0.2) is 12.1 Å². The first-order chi connectivity index (χ1) is 6.29. The van der Waals surface area contributed by atoms with E-state index in [0.29, 0.717) is 11.4 Å². The van der Waals surface area contributed by atoms with Crippen LogP contribution in [0.1, 0.15) is 19.4 Å². The van der Waals surface area contributed by atoms with Gasteiger partial charge in [-0.1, -0.05) is 23.2 Å². The minimum absolute atomic E-state index is 0.0775. The monoisotopic (exact) mass is 235 g/mol. The first-order valence-electron chi connectivity index (χ1n) is 4.22. The Morgan fingerprint density at radius 1 is 1.29 bits per heavy atom. The van der Waals surface area contributed by atoms with Crippen LogP contribution in [-0.2, 0) is 6.42 Å². The molecule has 4 heteroatoms. The Kier molecular flexibility index (Phi) is 3.40. The summed E-state index contributed by atoms with van der Waals surface area (Å²) in [6.07, 6.45) is 0.561. The number of hydrogen-bond donors (Lipinski definition) is 1. The molecule has 0 saturated carbocycles. The summed E-state index contributed by atoms with van der Waals surface area (Å²) in [5.74, 6) is -0.504. The quantitative estimate of drug-likeness (QED) is 0.782. The van der Waals surface area contributed by atoms with Gasteiger partial charge < -0.3 is 5.73 Å². The van der Waals surface area contributed by atoms with Crippen molar-refractivity contribution in [1.82, 2.24) is 0 Å². The van der Waals surface area contributed by atoms with Gasteiger partial charge in [0, 0.05) is 10.6 Å². The minimum Gasteiger partial charge on any atom is -0.325 e. The lowest BCUT2D eigenvalue weighted by Gasteiger charge is -2.19. The number of benzene rings is 1. The third-order valence-corrected chi connectivity index (χ3v) is 2.38. The fourth-order valence-electron chi connectivity index (χ4n) is 1.19. The Labute approximate surface area is 93.0 Å². The topological polar surface area (TPSA) is 26.0 Å². The molecule has 0 aliphatic carbocycles. The molecular weight excluding hydrogens is 224 g/mol. The zero-order valence-corrected chi connectivity index (χ0v) is 9.58. The molecule has 0 spiro atoms. The second kappa shape index (κ2) is 4.05. The van der Waals surface area contributed by atoms with Gasteiger partial charge in [-0.2, -0.15) is 0 Å². The van der Waals surface area contributed by atoms with Gasteiger partial charge in [0.2, 0.25) is 0 Å². The first-order valence-corrected chi connectivity index (χ1v) is 4.97. The van der Waals surface area contributed by atoms with Crippen molar-refractivity contribution in [3.05, 3.63) is 33.6 Å². The molecule has 0 aromatic heterocycles. The molecule has 1 nitrogen and oxygen atoms in total. The Morgan fingerprint density at radius 3 is 2.36 bits per heavy atom. The number of nitrogens with two attached hydrogens (primary N) is 1. The number of rotatable bonds is 2. The van der Waals surface area contributed by atoms with E-state index in [0.717, 1.165) is 5.56 Å². The SMILES string of the molecule is CC(C)(N)Cc1cc(Cl)c(F)cc1Cl. The van der Waals surface area contributed by atoms with Crippen LogP contribution in [-0.4, -0.2) is 5.54 Å². The van der Waals surface area contributed by atoms with Crippen LogP contribution < -0.4 is 5.73 Å². The molecule has 0 amide bonds. The van der Waals surface area contributed by atoms with E-state index in [2.05, 4.69) is 0 Å². The van der Waals surface area contributed by atoms with E-state index in [1.165, 1.54) is 12.1 Å². The van der Waals surface area contributed by atoms with Gasteiger partial charge in [0.15, 0.2) is 0 Å². The smallest absolute Gasteiger partial charge is 0.143 e. The largest absolute Gasteiger partial charge is 0.325 e. The summed E-state index contributed by atoms with van der Waals surface area (Å²) in [5.41, 5.74) is 6.21. The van der Waals surface area contributed by atoms with Crippen LogP contribution in [0.5, 0.6) is 0 Å². The van der Waals surface area contributed by atoms with Gasteiger partial charge in [-0.15, -0.1) is 0 Å². The van der Waals surface area contributed by atoms with E-state index in [-0.39, 0.29) is 10.6 Å². The minimum atomic E-state index is -0.504. The van der Waals surface area contributed by atoms with Gasteiger partial charge in [0.05, 0.1) is 5.02 Å². The molecule has 0 atom stereocenters. The normalized spacial score (nSPS) is 11.9. The fraction of sp³-hybridized carbons (Fsp3) is 0.400. The molecule has 1 aromatic rings. The summed E-state index contributed by atoms with van der Waals surface area (Å²) in [5, 5.41) is 0.444. The van der Waals surface area contributed by atoms with Crippen molar-refractivity contribution in [3.8, 4) is 0 Å². The summed E-state index contributed by atoms with van der Waals surface area (Å²) in [4.78, 5) is 0. The summed E-state index contributed by atoms with van der Waals surface area (Å²) < 4.78 is 12.9. The van der Waals surface area contributed by atoms with Crippen LogP contribution in [0.25, 0.3) is 0 Å². The van der Waals surface area contributed by atoms with Crippen molar-refractivity contribution < 1.29 is 4.39 Å². The molecule has 14 heavy (non-hydrogen) atoms. The van der Waals surface area contributed by atoms with Gasteiger partial charge in [-0.25, -0.2) is 4.39 Å². The lowest BCUT2D eigenvalue weighted by Crippen LogP contribution is -2.34. The standard InChI is InChI=1S/C10H12Cl2FN/c1-10(2,14)5-6-3-8(12)9(13)4-7(6)11/h3-4H,5,14H2,1-2H3. The molecule has 0 saturated heterocycles. The molecule has 0 unspecified atom stereocenters. The Bertz CT molecular complexity index is 345. The van der Waals surface area contributed by atoms with Gasteiger partial charge in [-0.05, 0) is 38.0 Å². The molecule has 78 valence electrons.